The summed E-state index contributed by atoms with van der Waals surface area (Å²) in [5.74, 6) is -0.573. The number of nitrogens with two attached hydrogens (primary N) is 1. The van der Waals surface area contributed by atoms with Gasteiger partial charge in [0.2, 0.25) is 0 Å². The second-order valence-corrected chi connectivity index (χ2v) is 6.88. The average Bonchev–Trinajstić information content (AvgIpc) is 3.27. The lowest BCUT2D eigenvalue weighted by molar-refractivity contribution is -0.139. The Morgan fingerprint density at radius 2 is 1.93 bits per heavy atom. The number of amides is 1. The summed E-state index contributed by atoms with van der Waals surface area (Å²) in [6.07, 6.45) is 4.35. The number of H-pyrrole nitrogens is 1. The van der Waals surface area contributed by atoms with Crippen LogP contribution in [0.3, 0.4) is 0 Å². The van der Waals surface area contributed by atoms with E-state index in [1.807, 2.05) is 30.3 Å². The zero-order chi connectivity index (χ0) is 21.3. The Kier molecular flexibility index (Phi) is 7.50. The summed E-state index contributed by atoms with van der Waals surface area (Å²) in [5.41, 5.74) is 12.1. The molecule has 0 aliphatic heterocycles. The van der Waals surface area contributed by atoms with Gasteiger partial charge in [0.1, 0.15) is 11.9 Å². The van der Waals surface area contributed by atoms with Crippen LogP contribution < -0.4 is 21.9 Å². The van der Waals surface area contributed by atoms with Crippen molar-refractivity contribution in [3.05, 3.63) is 65.7 Å². The van der Waals surface area contributed by atoms with Gasteiger partial charge in [-0.1, -0.05) is 30.3 Å². The number of fused-ring (bicyclic) bond motifs is 1. The second-order valence-electron chi connectivity index (χ2n) is 6.88. The van der Waals surface area contributed by atoms with E-state index in [1.54, 1.807) is 18.5 Å². The molecule has 3 rings (SSSR count). The molecule has 9 heteroatoms. The summed E-state index contributed by atoms with van der Waals surface area (Å²) in [6.45, 7) is 1.61. The number of rotatable bonds is 11. The first kappa shape index (κ1) is 21.4. The van der Waals surface area contributed by atoms with Crippen LogP contribution in [-0.2, 0) is 17.9 Å². The van der Waals surface area contributed by atoms with Crippen LogP contribution in [0.5, 0.6) is 0 Å². The number of carbonyl (C=O) groups is 2. The highest BCUT2D eigenvalue weighted by molar-refractivity contribution is 6.07. The lowest BCUT2D eigenvalue weighted by atomic mass is 9.99. The first-order valence-corrected chi connectivity index (χ1v) is 9.78. The largest absolute Gasteiger partial charge is 0.480 e. The topological polar surface area (TPSA) is 145 Å². The molecule has 0 fully saturated rings. The van der Waals surface area contributed by atoms with Crippen molar-refractivity contribution in [1.29, 1.82) is 0 Å². The van der Waals surface area contributed by atoms with Crippen LogP contribution in [0.4, 0.5) is 0 Å². The van der Waals surface area contributed by atoms with Gasteiger partial charge >= 0.3 is 5.97 Å². The van der Waals surface area contributed by atoms with Crippen LogP contribution >= 0.6 is 0 Å². The Bertz CT molecular complexity index is 990. The average molecular weight is 410 g/mol. The summed E-state index contributed by atoms with van der Waals surface area (Å²) in [7, 11) is 0. The van der Waals surface area contributed by atoms with Crippen molar-refractivity contribution in [2.45, 2.75) is 32.0 Å². The predicted octanol–water partition coefficient (Wildman–Crippen LogP) is 1.28. The van der Waals surface area contributed by atoms with Crippen molar-refractivity contribution >= 4 is 22.6 Å². The standard InChI is InChI=1S/C21H26N6O3/c22-9-3-6-18(21(29)30)26-27-20(28)17-8-7-14(15-4-1-2-5-16(15)17)12-23-13-19-24-10-11-25-19/h1-2,4-5,7-8,10-11,18,23,26H,3,6,9,12-13,22H2,(H,24,25)(H,27,28)(H,29,30)/t18-/m0/s1. The molecule has 7 N–H and O–H groups in total. The number of aromatic nitrogens is 2. The number of hydrogen-bond acceptors (Lipinski definition) is 6. The number of imidazole rings is 1. The van der Waals surface area contributed by atoms with E-state index in [2.05, 4.69) is 26.1 Å². The number of aromatic amines is 1. The fourth-order valence-corrected chi connectivity index (χ4v) is 3.22. The Hall–Kier alpha value is -3.27. The molecule has 0 saturated carbocycles. The summed E-state index contributed by atoms with van der Waals surface area (Å²) >= 11 is 0. The van der Waals surface area contributed by atoms with Crippen LogP contribution in [0, 0.1) is 0 Å². The van der Waals surface area contributed by atoms with E-state index in [9.17, 15) is 14.7 Å². The number of nitrogens with one attached hydrogen (secondary N) is 4. The quantitative estimate of drug-likeness (QED) is 0.261. The third-order valence-corrected chi connectivity index (χ3v) is 4.78. The van der Waals surface area contributed by atoms with Crippen LogP contribution in [0.1, 0.15) is 34.6 Å². The number of benzene rings is 2. The first-order chi connectivity index (χ1) is 14.6. The van der Waals surface area contributed by atoms with Gasteiger partial charge in [0, 0.05) is 24.5 Å². The van der Waals surface area contributed by atoms with Gasteiger partial charge in [-0.25, -0.2) is 10.4 Å². The zero-order valence-electron chi connectivity index (χ0n) is 16.5. The first-order valence-electron chi connectivity index (χ1n) is 9.78. The number of carboxylic acid groups (broad SMARTS) is 1. The lowest BCUT2D eigenvalue weighted by Gasteiger charge is -2.16. The zero-order valence-corrected chi connectivity index (χ0v) is 16.5. The van der Waals surface area contributed by atoms with Crippen molar-refractivity contribution < 1.29 is 14.7 Å². The molecular weight excluding hydrogens is 384 g/mol. The van der Waals surface area contributed by atoms with Crippen LogP contribution in [0.2, 0.25) is 0 Å². The minimum Gasteiger partial charge on any atom is -0.480 e. The lowest BCUT2D eigenvalue weighted by Crippen LogP contribution is -2.48. The minimum atomic E-state index is -1.04. The second kappa shape index (κ2) is 10.5. The Balaban J connectivity index is 1.71. The fourth-order valence-electron chi connectivity index (χ4n) is 3.22. The highest BCUT2D eigenvalue weighted by Crippen LogP contribution is 2.23. The molecule has 1 heterocycles. The monoisotopic (exact) mass is 410 g/mol. The van der Waals surface area contributed by atoms with Gasteiger partial charge in [0.15, 0.2) is 0 Å². The Labute approximate surface area is 174 Å². The molecule has 1 aromatic heterocycles. The molecule has 0 radical (unpaired) electrons. The number of carbonyl (C=O) groups excluding carboxylic acids is 1. The summed E-state index contributed by atoms with van der Waals surface area (Å²) in [6, 6.07) is 10.4. The van der Waals surface area contributed by atoms with E-state index in [4.69, 9.17) is 5.73 Å². The maximum atomic E-state index is 12.7. The molecule has 0 unspecified atom stereocenters. The molecule has 30 heavy (non-hydrogen) atoms. The molecule has 158 valence electrons. The van der Waals surface area contributed by atoms with Crippen molar-refractivity contribution in [3.63, 3.8) is 0 Å². The molecule has 1 atom stereocenters. The van der Waals surface area contributed by atoms with Gasteiger partial charge in [-0.2, -0.15) is 0 Å². The van der Waals surface area contributed by atoms with Gasteiger partial charge in [-0.15, -0.1) is 0 Å². The summed E-state index contributed by atoms with van der Waals surface area (Å²) in [5, 5.41) is 14.4. The van der Waals surface area contributed by atoms with E-state index in [0.29, 0.717) is 38.0 Å². The highest BCUT2D eigenvalue weighted by Gasteiger charge is 2.18. The van der Waals surface area contributed by atoms with Crippen LogP contribution in [0.15, 0.2) is 48.8 Å². The number of hydrazine groups is 1. The smallest absolute Gasteiger partial charge is 0.322 e. The van der Waals surface area contributed by atoms with Crippen molar-refractivity contribution in [3.8, 4) is 0 Å². The molecule has 9 nitrogen and oxygen atoms in total. The maximum absolute atomic E-state index is 12.7. The molecule has 0 bridgehead atoms. The van der Waals surface area contributed by atoms with Gasteiger partial charge in [0.05, 0.1) is 6.54 Å². The molecule has 0 aliphatic rings. The molecular formula is C21H26N6O3. The van der Waals surface area contributed by atoms with Gasteiger partial charge in [-0.3, -0.25) is 15.0 Å². The van der Waals surface area contributed by atoms with Gasteiger partial charge in [0.25, 0.3) is 5.91 Å². The van der Waals surface area contributed by atoms with Crippen molar-refractivity contribution in [1.82, 2.24) is 26.1 Å². The van der Waals surface area contributed by atoms with E-state index in [1.165, 1.54) is 0 Å². The maximum Gasteiger partial charge on any atom is 0.322 e. The fraction of sp³-hybridized carbons (Fsp3) is 0.286. The Morgan fingerprint density at radius 1 is 1.13 bits per heavy atom. The number of nitrogens with zero attached hydrogens (tertiary/aromatic N) is 1. The van der Waals surface area contributed by atoms with Crippen molar-refractivity contribution in [2.75, 3.05) is 6.54 Å². The summed E-state index contributed by atoms with van der Waals surface area (Å²) in [4.78, 5) is 31.3. The summed E-state index contributed by atoms with van der Waals surface area (Å²) < 4.78 is 0. The third-order valence-electron chi connectivity index (χ3n) is 4.78. The third kappa shape index (κ3) is 5.41. The normalized spacial score (nSPS) is 12.0. The molecule has 0 spiro atoms. The number of aliphatic carboxylic acids is 1. The molecule has 0 aliphatic carbocycles. The van der Waals surface area contributed by atoms with E-state index in [0.717, 1.165) is 22.2 Å². The molecule has 0 saturated heterocycles. The van der Waals surface area contributed by atoms with E-state index < -0.39 is 12.0 Å². The van der Waals surface area contributed by atoms with Crippen molar-refractivity contribution in [2.24, 2.45) is 5.73 Å². The highest BCUT2D eigenvalue weighted by atomic mass is 16.4. The number of carboxylic acids is 1. The molecule has 3 aromatic rings. The minimum absolute atomic E-state index is 0.327. The number of hydrogen-bond donors (Lipinski definition) is 6. The van der Waals surface area contributed by atoms with E-state index in [-0.39, 0.29) is 5.91 Å². The van der Waals surface area contributed by atoms with Gasteiger partial charge in [-0.05, 0) is 41.8 Å². The molecule has 2 aromatic carbocycles. The van der Waals surface area contributed by atoms with Crippen LogP contribution in [0.25, 0.3) is 10.8 Å². The van der Waals surface area contributed by atoms with Crippen LogP contribution in [-0.4, -0.2) is 39.5 Å². The predicted molar refractivity (Wildman–Crippen MR) is 113 cm³/mol. The SMILES string of the molecule is NCCC[C@H](NNC(=O)c1ccc(CNCc2ncc[nH]2)c2ccccc12)C(=O)O. The van der Waals surface area contributed by atoms with Gasteiger partial charge < -0.3 is 21.1 Å². The van der Waals surface area contributed by atoms with E-state index >= 15 is 0 Å². The Morgan fingerprint density at radius 3 is 2.63 bits per heavy atom. The molecule has 1 amide bonds.